The van der Waals surface area contributed by atoms with Gasteiger partial charge >= 0.3 is 0 Å². The van der Waals surface area contributed by atoms with Crippen molar-refractivity contribution in [2.24, 2.45) is 0 Å². The molecule has 1 aliphatic heterocycles. The molecule has 0 radical (unpaired) electrons. The third-order valence-electron chi connectivity index (χ3n) is 3.66. The molecule has 1 atom stereocenters. The van der Waals surface area contributed by atoms with E-state index in [2.05, 4.69) is 42.3 Å². The Balaban J connectivity index is 2.01. The lowest BCUT2D eigenvalue weighted by Crippen LogP contribution is -2.32. The fourth-order valence-corrected chi connectivity index (χ4v) is 2.55. The molecule has 0 saturated carbocycles. The molecule has 1 fully saturated rings. The molecule has 18 heavy (non-hydrogen) atoms. The molecule has 100 valence electrons. The van der Waals surface area contributed by atoms with E-state index in [0.717, 1.165) is 38.3 Å². The Kier molecular flexibility index (Phi) is 4.75. The number of nitrogens with zero attached hydrogens (tertiary/aromatic N) is 1. The van der Waals surface area contributed by atoms with Gasteiger partial charge in [0.15, 0.2) is 0 Å². The van der Waals surface area contributed by atoms with Gasteiger partial charge in [-0.05, 0) is 44.5 Å². The summed E-state index contributed by atoms with van der Waals surface area (Å²) in [5.41, 5.74) is 3.47. The summed E-state index contributed by atoms with van der Waals surface area (Å²) in [6.45, 7) is 9.12. The number of nitrogens with one attached hydrogen (secondary N) is 1. The van der Waals surface area contributed by atoms with E-state index < -0.39 is 0 Å². The zero-order chi connectivity index (χ0) is 13.0. The zero-order valence-corrected chi connectivity index (χ0v) is 11.4. The second-order valence-corrected chi connectivity index (χ2v) is 5.28. The van der Waals surface area contributed by atoms with Crippen LogP contribution in [0.3, 0.4) is 0 Å². The van der Waals surface area contributed by atoms with Crippen LogP contribution in [0.5, 0.6) is 0 Å². The first kappa shape index (κ1) is 13.5. The van der Waals surface area contributed by atoms with Crippen LogP contribution in [-0.4, -0.2) is 42.7 Å². The molecule has 3 heteroatoms. The Morgan fingerprint density at radius 2 is 2.11 bits per heavy atom. The van der Waals surface area contributed by atoms with Crippen molar-refractivity contribution >= 4 is 0 Å². The van der Waals surface area contributed by atoms with Crippen molar-refractivity contribution in [1.29, 1.82) is 0 Å². The van der Waals surface area contributed by atoms with E-state index in [0.29, 0.717) is 0 Å². The Hall–Kier alpha value is -0.900. The largest absolute Gasteiger partial charge is 0.387 e. The SMILES string of the molecule is Cc1ccc(C)c(C(O)CN2CCCNCC2)c1. The van der Waals surface area contributed by atoms with Crippen LogP contribution < -0.4 is 5.32 Å². The fraction of sp³-hybridized carbons (Fsp3) is 0.600. The Morgan fingerprint density at radius 1 is 1.28 bits per heavy atom. The van der Waals surface area contributed by atoms with Crippen LogP contribution in [0.4, 0.5) is 0 Å². The van der Waals surface area contributed by atoms with Gasteiger partial charge in [-0.1, -0.05) is 23.8 Å². The van der Waals surface area contributed by atoms with Gasteiger partial charge in [0.05, 0.1) is 6.10 Å². The van der Waals surface area contributed by atoms with Gasteiger partial charge in [-0.3, -0.25) is 4.90 Å². The van der Waals surface area contributed by atoms with Gasteiger partial charge in [-0.25, -0.2) is 0 Å². The van der Waals surface area contributed by atoms with Crippen LogP contribution in [0, 0.1) is 13.8 Å². The standard InChI is InChI=1S/C15H24N2O/c1-12-4-5-13(2)14(10-12)15(18)11-17-8-3-6-16-7-9-17/h4-5,10,15-16,18H,3,6-9,11H2,1-2H3. The third kappa shape index (κ3) is 3.55. The van der Waals surface area contributed by atoms with E-state index in [1.165, 1.54) is 17.5 Å². The van der Waals surface area contributed by atoms with Gasteiger partial charge < -0.3 is 10.4 Å². The highest BCUT2D eigenvalue weighted by atomic mass is 16.3. The Morgan fingerprint density at radius 3 is 2.94 bits per heavy atom. The Labute approximate surface area is 110 Å². The van der Waals surface area contributed by atoms with Crippen molar-refractivity contribution < 1.29 is 5.11 Å². The summed E-state index contributed by atoms with van der Waals surface area (Å²) < 4.78 is 0. The summed E-state index contributed by atoms with van der Waals surface area (Å²) in [7, 11) is 0. The van der Waals surface area contributed by atoms with E-state index >= 15 is 0 Å². The van der Waals surface area contributed by atoms with Crippen LogP contribution in [0.1, 0.15) is 29.2 Å². The summed E-state index contributed by atoms with van der Waals surface area (Å²) >= 11 is 0. The topological polar surface area (TPSA) is 35.5 Å². The van der Waals surface area contributed by atoms with E-state index in [-0.39, 0.29) is 6.10 Å². The minimum Gasteiger partial charge on any atom is -0.387 e. The molecule has 0 spiro atoms. The van der Waals surface area contributed by atoms with Crippen LogP contribution in [-0.2, 0) is 0 Å². The van der Waals surface area contributed by atoms with E-state index in [1.54, 1.807) is 0 Å². The molecule has 0 amide bonds. The lowest BCUT2D eigenvalue weighted by molar-refractivity contribution is 0.116. The van der Waals surface area contributed by atoms with Crippen molar-refractivity contribution in [2.45, 2.75) is 26.4 Å². The minimum atomic E-state index is -0.372. The summed E-state index contributed by atoms with van der Waals surface area (Å²) in [5.74, 6) is 0. The first-order chi connectivity index (χ1) is 8.66. The number of benzene rings is 1. The smallest absolute Gasteiger partial charge is 0.0919 e. The molecule has 2 N–H and O–H groups in total. The second-order valence-electron chi connectivity index (χ2n) is 5.28. The third-order valence-corrected chi connectivity index (χ3v) is 3.66. The molecule has 2 rings (SSSR count). The van der Waals surface area contributed by atoms with Crippen molar-refractivity contribution in [3.8, 4) is 0 Å². The van der Waals surface area contributed by atoms with E-state index in [9.17, 15) is 5.11 Å². The molecule has 3 nitrogen and oxygen atoms in total. The lowest BCUT2D eigenvalue weighted by atomic mass is 10.0. The summed E-state index contributed by atoms with van der Waals surface area (Å²) in [6, 6.07) is 6.30. The molecule has 0 aromatic heterocycles. The number of aliphatic hydroxyl groups excluding tert-OH is 1. The fourth-order valence-electron chi connectivity index (χ4n) is 2.55. The molecule has 1 saturated heterocycles. The van der Waals surface area contributed by atoms with Crippen molar-refractivity contribution in [1.82, 2.24) is 10.2 Å². The van der Waals surface area contributed by atoms with Gasteiger partial charge in [0.1, 0.15) is 0 Å². The van der Waals surface area contributed by atoms with Gasteiger partial charge in [0, 0.05) is 19.6 Å². The Bertz CT molecular complexity index is 384. The predicted molar refractivity (Wildman–Crippen MR) is 74.8 cm³/mol. The predicted octanol–water partition coefficient (Wildman–Crippen LogP) is 1.63. The molecular formula is C15H24N2O. The number of aryl methyl sites for hydroxylation is 2. The van der Waals surface area contributed by atoms with Crippen LogP contribution in [0.25, 0.3) is 0 Å². The zero-order valence-electron chi connectivity index (χ0n) is 11.4. The van der Waals surface area contributed by atoms with Crippen molar-refractivity contribution in [2.75, 3.05) is 32.7 Å². The minimum absolute atomic E-state index is 0.372. The monoisotopic (exact) mass is 248 g/mol. The van der Waals surface area contributed by atoms with Gasteiger partial charge in [-0.15, -0.1) is 0 Å². The van der Waals surface area contributed by atoms with Crippen LogP contribution in [0.15, 0.2) is 18.2 Å². The molecule has 1 aliphatic rings. The van der Waals surface area contributed by atoms with Gasteiger partial charge in [0.2, 0.25) is 0 Å². The summed E-state index contributed by atoms with van der Waals surface area (Å²) in [4.78, 5) is 2.35. The number of β-amino-alcohol motifs (C(OH)–C–C–N with tert-alkyl or cyclic N) is 1. The first-order valence-corrected chi connectivity index (χ1v) is 6.85. The molecule has 1 aromatic carbocycles. The molecule has 1 heterocycles. The molecule has 0 aliphatic carbocycles. The van der Waals surface area contributed by atoms with E-state index in [1.807, 2.05) is 0 Å². The number of aliphatic hydroxyl groups is 1. The van der Waals surface area contributed by atoms with Crippen LogP contribution in [0.2, 0.25) is 0 Å². The molecule has 1 aromatic rings. The lowest BCUT2D eigenvalue weighted by Gasteiger charge is -2.24. The maximum Gasteiger partial charge on any atom is 0.0919 e. The molecule has 1 unspecified atom stereocenters. The number of hydrogen-bond acceptors (Lipinski definition) is 3. The molecule has 0 bridgehead atoms. The maximum absolute atomic E-state index is 10.4. The number of rotatable bonds is 3. The summed E-state index contributed by atoms with van der Waals surface area (Å²) in [6.07, 6.45) is 0.794. The van der Waals surface area contributed by atoms with Crippen molar-refractivity contribution in [3.05, 3.63) is 34.9 Å². The quantitative estimate of drug-likeness (QED) is 0.853. The second kappa shape index (κ2) is 6.32. The number of hydrogen-bond donors (Lipinski definition) is 2. The van der Waals surface area contributed by atoms with Gasteiger partial charge in [0.25, 0.3) is 0 Å². The van der Waals surface area contributed by atoms with Crippen LogP contribution >= 0.6 is 0 Å². The first-order valence-electron chi connectivity index (χ1n) is 6.85. The average Bonchev–Trinajstić information content (AvgIpc) is 2.61. The van der Waals surface area contributed by atoms with Gasteiger partial charge in [-0.2, -0.15) is 0 Å². The maximum atomic E-state index is 10.4. The highest BCUT2D eigenvalue weighted by Crippen LogP contribution is 2.20. The van der Waals surface area contributed by atoms with Crippen molar-refractivity contribution in [3.63, 3.8) is 0 Å². The normalized spacial score (nSPS) is 19.5. The average molecular weight is 248 g/mol. The highest BCUT2D eigenvalue weighted by molar-refractivity contribution is 5.32. The molecular weight excluding hydrogens is 224 g/mol. The highest BCUT2D eigenvalue weighted by Gasteiger charge is 2.16. The summed E-state index contributed by atoms with van der Waals surface area (Å²) in [5, 5.41) is 13.8. The van der Waals surface area contributed by atoms with E-state index in [4.69, 9.17) is 0 Å².